The second kappa shape index (κ2) is 8.89. The van der Waals surface area contributed by atoms with E-state index < -0.39 is 18.2 Å². The van der Waals surface area contributed by atoms with Crippen molar-refractivity contribution in [3.63, 3.8) is 0 Å². The number of fused-ring (bicyclic) bond motifs is 3. The topological polar surface area (TPSA) is 87.0 Å². The van der Waals surface area contributed by atoms with Crippen molar-refractivity contribution < 1.29 is 24.9 Å². The van der Waals surface area contributed by atoms with Crippen LogP contribution in [0.25, 0.3) is 0 Å². The van der Waals surface area contributed by atoms with Crippen LogP contribution in [0.15, 0.2) is 30.4 Å². The molecule has 1 aromatic carbocycles. The molecule has 0 unspecified atom stereocenters. The molecule has 0 bridgehead atoms. The SMILES string of the molecule is CCCCC[C@H](O)/C=C/[C@@H]1[C@H]2c3cccc(CCC(=O)O)c3O[C@H]2C[C@H]1O. The standard InChI is InChI=1S/C22H30O5/c1-2-3-4-7-15(23)10-11-16-18(24)13-19-21(16)17-8-5-6-14(22(17)27-19)9-12-20(25)26/h5-6,8,10-11,15-16,18-19,21,23-24H,2-4,7,9,12-13H2,1H3,(H,25,26)/b11-10+/t15-,16-,18+,19-,21-/m0/s1. The van der Waals surface area contributed by atoms with Gasteiger partial charge in [0, 0.05) is 30.2 Å². The van der Waals surface area contributed by atoms with E-state index in [9.17, 15) is 15.0 Å². The fraction of sp³-hybridized carbons (Fsp3) is 0.591. The van der Waals surface area contributed by atoms with Crippen LogP contribution in [0.5, 0.6) is 5.75 Å². The molecule has 0 saturated heterocycles. The third-order valence-corrected chi connectivity index (χ3v) is 5.76. The van der Waals surface area contributed by atoms with Crippen LogP contribution >= 0.6 is 0 Å². The lowest BCUT2D eigenvalue weighted by Gasteiger charge is -2.18. The van der Waals surface area contributed by atoms with Crippen molar-refractivity contribution in [3.8, 4) is 5.75 Å². The number of rotatable bonds is 9. The first-order valence-corrected chi connectivity index (χ1v) is 10.1. The van der Waals surface area contributed by atoms with Gasteiger partial charge in [0.15, 0.2) is 0 Å². The molecule has 0 amide bonds. The third kappa shape index (κ3) is 4.53. The highest BCUT2D eigenvalue weighted by atomic mass is 16.5. The van der Waals surface area contributed by atoms with Gasteiger partial charge in [-0.15, -0.1) is 0 Å². The van der Waals surface area contributed by atoms with E-state index in [1.807, 2.05) is 30.4 Å². The summed E-state index contributed by atoms with van der Waals surface area (Å²) in [6.45, 7) is 2.14. The number of carboxylic acids is 1. The lowest BCUT2D eigenvalue weighted by molar-refractivity contribution is -0.136. The van der Waals surface area contributed by atoms with Crippen LogP contribution in [0.1, 0.15) is 62.5 Å². The first-order valence-electron chi connectivity index (χ1n) is 10.1. The zero-order valence-electron chi connectivity index (χ0n) is 15.9. The van der Waals surface area contributed by atoms with E-state index in [4.69, 9.17) is 9.84 Å². The highest BCUT2D eigenvalue weighted by Crippen LogP contribution is 2.52. The minimum absolute atomic E-state index is 0.0545. The average Bonchev–Trinajstić information content (AvgIpc) is 3.13. The molecule has 27 heavy (non-hydrogen) atoms. The van der Waals surface area contributed by atoms with Gasteiger partial charge in [-0.05, 0) is 18.4 Å². The average molecular weight is 374 g/mol. The molecule has 0 radical (unpaired) electrons. The minimum atomic E-state index is -0.820. The lowest BCUT2D eigenvalue weighted by Crippen LogP contribution is -2.17. The number of ether oxygens (including phenoxy) is 1. The molecular weight excluding hydrogens is 344 g/mol. The number of hydrogen-bond donors (Lipinski definition) is 3. The molecule has 148 valence electrons. The Morgan fingerprint density at radius 1 is 1.37 bits per heavy atom. The third-order valence-electron chi connectivity index (χ3n) is 5.76. The molecule has 3 N–H and O–H groups in total. The van der Waals surface area contributed by atoms with Crippen LogP contribution in [0.4, 0.5) is 0 Å². The van der Waals surface area contributed by atoms with Gasteiger partial charge in [-0.2, -0.15) is 0 Å². The van der Waals surface area contributed by atoms with E-state index in [1.54, 1.807) is 0 Å². The quantitative estimate of drug-likeness (QED) is 0.455. The maximum absolute atomic E-state index is 10.9. The van der Waals surface area contributed by atoms with Crippen molar-refractivity contribution >= 4 is 5.97 Å². The molecule has 1 aromatic rings. The minimum Gasteiger partial charge on any atom is -0.489 e. The predicted molar refractivity (Wildman–Crippen MR) is 103 cm³/mol. The molecule has 3 rings (SSSR count). The molecule has 2 aliphatic rings. The molecule has 1 aliphatic heterocycles. The molecule has 5 heteroatoms. The zero-order chi connectivity index (χ0) is 19.4. The first-order chi connectivity index (χ1) is 13.0. The molecule has 5 nitrogen and oxygen atoms in total. The van der Waals surface area contributed by atoms with E-state index in [-0.39, 0.29) is 24.4 Å². The highest BCUT2D eigenvalue weighted by molar-refractivity contribution is 5.67. The Morgan fingerprint density at radius 3 is 2.93 bits per heavy atom. The lowest BCUT2D eigenvalue weighted by atomic mass is 9.86. The summed E-state index contributed by atoms with van der Waals surface area (Å²) >= 11 is 0. The highest BCUT2D eigenvalue weighted by Gasteiger charge is 2.48. The monoisotopic (exact) mass is 374 g/mol. The number of carbonyl (C=O) groups is 1. The Kier molecular flexibility index (Phi) is 6.55. The molecule has 1 heterocycles. The summed E-state index contributed by atoms with van der Waals surface area (Å²) in [7, 11) is 0. The summed E-state index contributed by atoms with van der Waals surface area (Å²) in [5, 5.41) is 29.6. The second-order valence-electron chi connectivity index (χ2n) is 7.74. The number of carboxylic acid groups (broad SMARTS) is 1. The first kappa shape index (κ1) is 19.9. The molecule has 1 fully saturated rings. The number of aliphatic hydroxyl groups is 2. The number of aliphatic carboxylic acids is 1. The van der Waals surface area contributed by atoms with E-state index in [0.717, 1.165) is 42.6 Å². The van der Waals surface area contributed by atoms with E-state index in [0.29, 0.717) is 12.8 Å². The number of aliphatic hydroxyl groups excluding tert-OH is 2. The van der Waals surface area contributed by atoms with Gasteiger partial charge in [0.05, 0.1) is 12.2 Å². The van der Waals surface area contributed by atoms with Crippen LogP contribution < -0.4 is 4.74 Å². The summed E-state index contributed by atoms with van der Waals surface area (Å²) in [5.41, 5.74) is 1.97. The summed E-state index contributed by atoms with van der Waals surface area (Å²) in [4.78, 5) is 10.9. The molecular formula is C22H30O5. The summed E-state index contributed by atoms with van der Waals surface area (Å²) in [6.07, 6.45) is 7.76. The molecule has 0 aromatic heterocycles. The van der Waals surface area contributed by atoms with E-state index in [2.05, 4.69) is 6.92 Å². The van der Waals surface area contributed by atoms with Gasteiger partial charge in [0.25, 0.3) is 0 Å². The van der Waals surface area contributed by atoms with Crippen molar-refractivity contribution in [3.05, 3.63) is 41.5 Å². The Bertz CT molecular complexity index is 683. The molecule has 0 spiro atoms. The molecule has 1 saturated carbocycles. The van der Waals surface area contributed by atoms with Crippen LogP contribution in [0.2, 0.25) is 0 Å². The smallest absolute Gasteiger partial charge is 0.303 e. The van der Waals surface area contributed by atoms with Gasteiger partial charge in [-0.3, -0.25) is 4.79 Å². The fourth-order valence-electron chi connectivity index (χ4n) is 4.36. The number of para-hydroxylation sites is 1. The Morgan fingerprint density at radius 2 is 2.19 bits per heavy atom. The molecule has 5 atom stereocenters. The number of aryl methyl sites for hydroxylation is 1. The predicted octanol–water partition coefficient (Wildman–Crippen LogP) is 3.43. The van der Waals surface area contributed by atoms with E-state index >= 15 is 0 Å². The fourth-order valence-corrected chi connectivity index (χ4v) is 4.36. The van der Waals surface area contributed by atoms with Crippen molar-refractivity contribution in [2.24, 2.45) is 5.92 Å². The molecule has 1 aliphatic carbocycles. The maximum atomic E-state index is 10.9. The van der Waals surface area contributed by atoms with Gasteiger partial charge < -0.3 is 20.1 Å². The largest absolute Gasteiger partial charge is 0.489 e. The van der Waals surface area contributed by atoms with Crippen LogP contribution in [-0.2, 0) is 11.2 Å². The summed E-state index contributed by atoms with van der Waals surface area (Å²) in [5.74, 6) is -0.0627. The van der Waals surface area contributed by atoms with Gasteiger partial charge in [0.2, 0.25) is 0 Å². The van der Waals surface area contributed by atoms with Gasteiger partial charge >= 0.3 is 5.97 Å². The van der Waals surface area contributed by atoms with Crippen LogP contribution in [0, 0.1) is 5.92 Å². The van der Waals surface area contributed by atoms with Crippen LogP contribution in [-0.4, -0.2) is 39.6 Å². The Hall–Kier alpha value is -1.85. The van der Waals surface area contributed by atoms with Crippen molar-refractivity contribution in [1.82, 2.24) is 0 Å². The van der Waals surface area contributed by atoms with Crippen molar-refractivity contribution in [2.45, 2.75) is 76.1 Å². The Balaban J connectivity index is 1.73. The maximum Gasteiger partial charge on any atom is 0.303 e. The number of benzene rings is 1. The number of hydrogen-bond acceptors (Lipinski definition) is 4. The van der Waals surface area contributed by atoms with Gasteiger partial charge in [0.1, 0.15) is 11.9 Å². The summed E-state index contributed by atoms with van der Waals surface area (Å²) in [6, 6.07) is 5.87. The Labute approximate surface area is 160 Å². The van der Waals surface area contributed by atoms with Gasteiger partial charge in [-0.1, -0.05) is 56.5 Å². The zero-order valence-corrected chi connectivity index (χ0v) is 15.9. The van der Waals surface area contributed by atoms with Gasteiger partial charge in [-0.25, -0.2) is 0 Å². The van der Waals surface area contributed by atoms with Crippen LogP contribution in [0.3, 0.4) is 0 Å². The number of unbranched alkanes of at least 4 members (excludes halogenated alkanes) is 2. The van der Waals surface area contributed by atoms with Crippen molar-refractivity contribution in [2.75, 3.05) is 0 Å². The summed E-state index contributed by atoms with van der Waals surface area (Å²) < 4.78 is 6.13. The second-order valence-corrected chi connectivity index (χ2v) is 7.74. The van der Waals surface area contributed by atoms with Crippen molar-refractivity contribution in [1.29, 1.82) is 0 Å². The van der Waals surface area contributed by atoms with E-state index in [1.165, 1.54) is 0 Å². The normalized spacial score (nSPS) is 27.4.